The molecule has 8 heteroatoms. The Kier molecular flexibility index (Phi) is 7.22. The normalized spacial score (nSPS) is 10.1. The van der Waals surface area contributed by atoms with E-state index in [0.717, 1.165) is 0 Å². The van der Waals surface area contributed by atoms with Gasteiger partial charge in [0, 0.05) is 22.9 Å². The number of benzene rings is 2. The molecule has 0 radical (unpaired) electrons. The van der Waals surface area contributed by atoms with Gasteiger partial charge in [-0.1, -0.05) is 19.9 Å². The minimum Gasteiger partial charge on any atom is -0.465 e. The van der Waals surface area contributed by atoms with Crippen LogP contribution in [0.4, 0.5) is 11.4 Å². The molecule has 2 amide bonds. The van der Waals surface area contributed by atoms with Crippen molar-refractivity contribution in [2.24, 2.45) is 5.92 Å². The molecule has 3 N–H and O–H groups in total. The van der Waals surface area contributed by atoms with E-state index >= 15 is 0 Å². The maximum atomic E-state index is 12.3. The molecule has 0 atom stereocenters. The molecule has 0 fully saturated rings. The summed E-state index contributed by atoms with van der Waals surface area (Å²) in [7, 11) is 1.27. The lowest BCUT2D eigenvalue weighted by Gasteiger charge is -2.11. The monoisotopic (exact) mass is 399 g/mol. The molecule has 0 spiro atoms. The molecule has 2 aromatic carbocycles. The molecule has 0 aliphatic heterocycles. The van der Waals surface area contributed by atoms with Gasteiger partial charge in [0.05, 0.1) is 12.7 Å². The van der Waals surface area contributed by atoms with E-state index in [2.05, 4.69) is 20.7 Å². The molecule has 0 aliphatic rings. The number of thiocarbonyl (C=S) groups is 1. The minimum atomic E-state index is -0.528. The van der Waals surface area contributed by atoms with Crippen molar-refractivity contribution in [1.29, 1.82) is 0 Å². The smallest absolute Gasteiger partial charge is 0.337 e. The fourth-order valence-corrected chi connectivity index (χ4v) is 2.38. The fourth-order valence-electron chi connectivity index (χ4n) is 2.17. The minimum absolute atomic E-state index is 0.0716. The number of rotatable bonds is 5. The van der Waals surface area contributed by atoms with Crippen LogP contribution in [0.1, 0.15) is 34.6 Å². The number of esters is 1. The molecule has 0 aromatic heterocycles. The van der Waals surface area contributed by atoms with Crippen LogP contribution in [-0.2, 0) is 9.53 Å². The van der Waals surface area contributed by atoms with Crippen LogP contribution >= 0.6 is 12.2 Å². The first-order chi connectivity index (χ1) is 13.3. The highest BCUT2D eigenvalue weighted by atomic mass is 32.1. The second-order valence-electron chi connectivity index (χ2n) is 6.20. The molecular weight excluding hydrogens is 378 g/mol. The Morgan fingerprint density at radius 1 is 0.929 bits per heavy atom. The van der Waals surface area contributed by atoms with E-state index < -0.39 is 11.9 Å². The predicted octanol–water partition coefficient (Wildman–Crippen LogP) is 3.19. The molecule has 28 heavy (non-hydrogen) atoms. The van der Waals surface area contributed by atoms with Gasteiger partial charge in [0.15, 0.2) is 5.11 Å². The molecule has 0 saturated heterocycles. The van der Waals surface area contributed by atoms with Gasteiger partial charge in [0.1, 0.15) is 0 Å². The van der Waals surface area contributed by atoms with E-state index in [4.69, 9.17) is 12.2 Å². The van der Waals surface area contributed by atoms with Crippen molar-refractivity contribution in [2.75, 3.05) is 17.7 Å². The highest BCUT2D eigenvalue weighted by Gasteiger charge is 2.12. The molecule has 0 aliphatic carbocycles. The number of hydrogen-bond acceptors (Lipinski definition) is 5. The summed E-state index contributed by atoms with van der Waals surface area (Å²) in [6.07, 6.45) is 0. The second kappa shape index (κ2) is 9.61. The molecule has 146 valence electrons. The number of nitrogens with one attached hydrogen (secondary N) is 3. The zero-order valence-corrected chi connectivity index (χ0v) is 16.6. The number of carbonyl (C=O) groups excluding carboxylic acids is 3. The van der Waals surface area contributed by atoms with Crippen LogP contribution in [0.15, 0.2) is 48.5 Å². The van der Waals surface area contributed by atoms with Crippen molar-refractivity contribution in [1.82, 2.24) is 5.32 Å². The zero-order chi connectivity index (χ0) is 20.7. The largest absolute Gasteiger partial charge is 0.465 e. The van der Waals surface area contributed by atoms with Crippen LogP contribution in [0.3, 0.4) is 0 Å². The predicted molar refractivity (Wildman–Crippen MR) is 111 cm³/mol. The molecular formula is C20H21N3O4S. The van der Waals surface area contributed by atoms with Gasteiger partial charge >= 0.3 is 5.97 Å². The number of carbonyl (C=O) groups is 3. The maximum absolute atomic E-state index is 12.3. The first-order valence-electron chi connectivity index (χ1n) is 8.51. The molecule has 2 aromatic rings. The van der Waals surface area contributed by atoms with Gasteiger partial charge in [-0.05, 0) is 54.7 Å². The highest BCUT2D eigenvalue weighted by Crippen LogP contribution is 2.14. The van der Waals surface area contributed by atoms with E-state index in [1.54, 1.807) is 42.5 Å². The van der Waals surface area contributed by atoms with E-state index in [0.29, 0.717) is 11.4 Å². The van der Waals surface area contributed by atoms with E-state index in [1.807, 2.05) is 13.8 Å². The van der Waals surface area contributed by atoms with Crippen molar-refractivity contribution in [2.45, 2.75) is 13.8 Å². The van der Waals surface area contributed by atoms with Gasteiger partial charge in [-0.2, -0.15) is 0 Å². The van der Waals surface area contributed by atoms with E-state index in [1.165, 1.54) is 13.2 Å². The zero-order valence-electron chi connectivity index (χ0n) is 15.7. The Hall–Kier alpha value is -3.26. The summed E-state index contributed by atoms with van der Waals surface area (Å²) in [5, 5.41) is 8.33. The third-order valence-corrected chi connectivity index (χ3v) is 3.91. The van der Waals surface area contributed by atoms with Gasteiger partial charge in [0.25, 0.3) is 5.91 Å². The molecule has 0 unspecified atom stereocenters. The summed E-state index contributed by atoms with van der Waals surface area (Å²) < 4.78 is 4.64. The van der Waals surface area contributed by atoms with Crippen molar-refractivity contribution in [3.05, 3.63) is 59.7 Å². The average molecular weight is 399 g/mol. The maximum Gasteiger partial charge on any atom is 0.337 e. The van der Waals surface area contributed by atoms with E-state index in [9.17, 15) is 14.4 Å². The third kappa shape index (κ3) is 5.88. The van der Waals surface area contributed by atoms with Crippen LogP contribution in [0.25, 0.3) is 0 Å². The molecule has 2 rings (SSSR count). The lowest BCUT2D eigenvalue weighted by Crippen LogP contribution is -2.34. The fraction of sp³-hybridized carbons (Fsp3) is 0.200. The summed E-state index contributed by atoms with van der Waals surface area (Å²) in [6, 6.07) is 13.0. The summed E-state index contributed by atoms with van der Waals surface area (Å²) >= 11 is 5.15. The first kappa shape index (κ1) is 21.0. The van der Waals surface area contributed by atoms with Crippen molar-refractivity contribution in [3.8, 4) is 0 Å². The highest BCUT2D eigenvalue weighted by molar-refractivity contribution is 7.80. The van der Waals surface area contributed by atoms with Gasteiger partial charge in [-0.3, -0.25) is 14.9 Å². The standard InChI is InChI=1S/C20H21N3O4S/c1-12(2)17(24)21-15-7-9-16(10-8-15)22-20(28)23-18(25)13-5-4-6-14(11-13)19(26)27-3/h4-12H,1-3H3,(H,21,24)(H2,22,23,25,28). The van der Waals surface area contributed by atoms with Gasteiger partial charge in [-0.25, -0.2) is 4.79 Å². The van der Waals surface area contributed by atoms with Gasteiger partial charge in [-0.15, -0.1) is 0 Å². The Bertz CT molecular complexity index is 895. The molecule has 7 nitrogen and oxygen atoms in total. The Labute approximate surface area is 168 Å². The van der Waals surface area contributed by atoms with Crippen LogP contribution in [0, 0.1) is 5.92 Å². The SMILES string of the molecule is COC(=O)c1cccc(C(=O)NC(=S)Nc2ccc(NC(=O)C(C)C)cc2)c1. The number of anilines is 2. The number of ether oxygens (including phenoxy) is 1. The number of methoxy groups -OCH3 is 1. The summed E-state index contributed by atoms with van der Waals surface area (Å²) in [5.41, 5.74) is 1.86. The second-order valence-corrected chi connectivity index (χ2v) is 6.61. The number of amides is 2. The number of hydrogen-bond donors (Lipinski definition) is 3. The average Bonchev–Trinajstić information content (AvgIpc) is 2.68. The summed E-state index contributed by atoms with van der Waals surface area (Å²) in [4.78, 5) is 35.6. The van der Waals surface area contributed by atoms with Crippen molar-refractivity contribution < 1.29 is 19.1 Å². The van der Waals surface area contributed by atoms with Crippen molar-refractivity contribution in [3.63, 3.8) is 0 Å². The summed E-state index contributed by atoms with van der Waals surface area (Å²) in [6.45, 7) is 3.63. The van der Waals surface area contributed by atoms with Crippen LogP contribution in [0.5, 0.6) is 0 Å². The van der Waals surface area contributed by atoms with Crippen molar-refractivity contribution >= 4 is 46.5 Å². The molecule has 0 saturated carbocycles. The van der Waals surface area contributed by atoms with E-state index in [-0.39, 0.29) is 28.1 Å². The van der Waals surface area contributed by atoms with Gasteiger partial charge in [0.2, 0.25) is 5.91 Å². The lowest BCUT2D eigenvalue weighted by atomic mass is 10.1. The molecule has 0 bridgehead atoms. The molecule has 0 heterocycles. The first-order valence-corrected chi connectivity index (χ1v) is 8.92. The Balaban J connectivity index is 1.95. The Morgan fingerprint density at radius 2 is 1.50 bits per heavy atom. The summed E-state index contributed by atoms with van der Waals surface area (Å²) in [5.74, 6) is -1.17. The topological polar surface area (TPSA) is 96.5 Å². The third-order valence-electron chi connectivity index (χ3n) is 3.71. The van der Waals surface area contributed by atoms with Crippen LogP contribution in [0.2, 0.25) is 0 Å². The lowest BCUT2D eigenvalue weighted by molar-refractivity contribution is -0.118. The van der Waals surface area contributed by atoms with Crippen LogP contribution in [-0.4, -0.2) is 30.0 Å². The van der Waals surface area contributed by atoms with Gasteiger partial charge < -0.3 is 15.4 Å². The Morgan fingerprint density at radius 3 is 2.07 bits per heavy atom. The quantitative estimate of drug-likeness (QED) is 0.528. The van der Waals surface area contributed by atoms with Crippen LogP contribution < -0.4 is 16.0 Å².